The number of methoxy groups -OCH3 is 2. The van der Waals surface area contributed by atoms with Crippen molar-refractivity contribution in [2.45, 2.75) is 58.4 Å². The molecule has 0 aliphatic heterocycles. The molecule has 5 nitrogen and oxygen atoms in total. The molecule has 32 heavy (non-hydrogen) atoms. The van der Waals surface area contributed by atoms with Crippen molar-refractivity contribution >= 4 is 16.8 Å². The molecule has 0 saturated heterocycles. The molecule has 172 valence electrons. The number of hydrogen-bond donors (Lipinski definition) is 1. The molecular formula is C27H36N2O3. The Labute approximate surface area is 191 Å². The van der Waals surface area contributed by atoms with Gasteiger partial charge >= 0.3 is 0 Å². The number of aromatic nitrogens is 1. The van der Waals surface area contributed by atoms with Gasteiger partial charge in [-0.3, -0.25) is 4.79 Å². The van der Waals surface area contributed by atoms with Gasteiger partial charge in [-0.05, 0) is 42.7 Å². The highest BCUT2D eigenvalue weighted by Crippen LogP contribution is 2.37. The lowest BCUT2D eigenvalue weighted by molar-refractivity contribution is -0.121. The van der Waals surface area contributed by atoms with Crippen LogP contribution >= 0.6 is 0 Å². The summed E-state index contributed by atoms with van der Waals surface area (Å²) in [6.45, 7) is 5.93. The zero-order chi connectivity index (χ0) is 22.9. The van der Waals surface area contributed by atoms with Crippen molar-refractivity contribution in [1.29, 1.82) is 0 Å². The largest absolute Gasteiger partial charge is 0.497 e. The Morgan fingerprint density at radius 3 is 2.38 bits per heavy atom. The van der Waals surface area contributed by atoms with Gasteiger partial charge in [0.1, 0.15) is 11.5 Å². The minimum absolute atomic E-state index is 0.0709. The molecule has 1 unspecified atom stereocenters. The number of ether oxygens (including phenoxy) is 2. The third kappa shape index (κ3) is 5.64. The highest BCUT2D eigenvalue weighted by Gasteiger charge is 2.24. The number of hydrogen-bond acceptors (Lipinski definition) is 3. The van der Waals surface area contributed by atoms with Crippen molar-refractivity contribution in [2.24, 2.45) is 0 Å². The van der Waals surface area contributed by atoms with Gasteiger partial charge in [-0.1, -0.05) is 44.4 Å². The average Bonchev–Trinajstić information content (AvgIpc) is 3.20. The first-order valence-corrected chi connectivity index (χ1v) is 11.7. The number of para-hydroxylation sites is 1. The van der Waals surface area contributed by atoms with Crippen LogP contribution in [0, 0.1) is 0 Å². The Morgan fingerprint density at radius 2 is 1.72 bits per heavy atom. The summed E-state index contributed by atoms with van der Waals surface area (Å²) in [5.74, 6) is 1.42. The average molecular weight is 437 g/mol. The first-order valence-electron chi connectivity index (χ1n) is 11.7. The number of benzene rings is 2. The van der Waals surface area contributed by atoms with E-state index in [0.29, 0.717) is 6.42 Å². The molecular weight excluding hydrogens is 400 g/mol. The number of amides is 1. The zero-order valence-corrected chi connectivity index (χ0v) is 19.8. The van der Waals surface area contributed by atoms with Crippen molar-refractivity contribution in [1.82, 2.24) is 9.88 Å². The molecule has 0 spiro atoms. The summed E-state index contributed by atoms with van der Waals surface area (Å²) < 4.78 is 13.3. The van der Waals surface area contributed by atoms with Crippen molar-refractivity contribution in [3.05, 3.63) is 59.8 Å². The molecule has 1 heterocycles. The summed E-state index contributed by atoms with van der Waals surface area (Å²) in [5, 5.41) is 4.31. The fourth-order valence-electron chi connectivity index (χ4n) is 4.29. The van der Waals surface area contributed by atoms with Gasteiger partial charge in [-0.15, -0.1) is 0 Å². The maximum Gasteiger partial charge on any atom is 0.220 e. The lowest BCUT2D eigenvalue weighted by Crippen LogP contribution is -2.26. The maximum atomic E-state index is 13.0. The van der Waals surface area contributed by atoms with Crippen LogP contribution in [0.3, 0.4) is 0 Å². The fourth-order valence-corrected chi connectivity index (χ4v) is 4.29. The second kappa shape index (κ2) is 11.6. The molecule has 1 N–H and O–H groups in total. The molecule has 0 radical (unpaired) electrons. The Morgan fingerprint density at radius 1 is 1.00 bits per heavy atom. The molecule has 0 bridgehead atoms. The minimum atomic E-state index is -0.104. The predicted molar refractivity (Wildman–Crippen MR) is 131 cm³/mol. The van der Waals surface area contributed by atoms with Crippen LogP contribution in [-0.4, -0.2) is 31.2 Å². The Kier molecular flexibility index (Phi) is 8.60. The smallest absolute Gasteiger partial charge is 0.220 e. The molecule has 3 aromatic rings. The van der Waals surface area contributed by atoms with Crippen LogP contribution < -0.4 is 14.8 Å². The molecule has 0 fully saturated rings. The van der Waals surface area contributed by atoms with E-state index >= 15 is 0 Å². The summed E-state index contributed by atoms with van der Waals surface area (Å²) in [4.78, 5) is 13.0. The molecule has 3 rings (SSSR count). The van der Waals surface area contributed by atoms with Crippen molar-refractivity contribution < 1.29 is 14.3 Å². The predicted octanol–water partition coefficient (Wildman–Crippen LogP) is 5.90. The zero-order valence-electron chi connectivity index (χ0n) is 19.8. The van der Waals surface area contributed by atoms with E-state index in [1.165, 1.54) is 23.7 Å². The first-order chi connectivity index (χ1) is 15.6. The van der Waals surface area contributed by atoms with E-state index in [0.717, 1.165) is 48.6 Å². The van der Waals surface area contributed by atoms with Crippen LogP contribution in [0.5, 0.6) is 11.5 Å². The quantitative estimate of drug-likeness (QED) is 0.360. The van der Waals surface area contributed by atoms with E-state index in [-0.39, 0.29) is 11.8 Å². The van der Waals surface area contributed by atoms with Gasteiger partial charge in [0.05, 0.1) is 14.2 Å². The number of fused-ring (bicyclic) bond motifs is 1. The fraction of sp³-hybridized carbons (Fsp3) is 0.444. The normalized spacial score (nSPS) is 12.0. The SMILES string of the molecule is CCCCCCNC(=O)CC(c1cc(OC)cc(OC)c1)c1cn(CC)c2ccccc12. The van der Waals surface area contributed by atoms with Crippen LogP contribution in [0.4, 0.5) is 0 Å². The van der Waals surface area contributed by atoms with E-state index < -0.39 is 0 Å². The third-order valence-electron chi connectivity index (χ3n) is 6.05. The number of rotatable bonds is 12. The molecule has 0 aliphatic carbocycles. The highest BCUT2D eigenvalue weighted by atomic mass is 16.5. The molecule has 1 amide bonds. The second-order valence-corrected chi connectivity index (χ2v) is 8.20. The van der Waals surface area contributed by atoms with Crippen LogP contribution in [0.25, 0.3) is 10.9 Å². The third-order valence-corrected chi connectivity index (χ3v) is 6.05. The number of nitrogens with one attached hydrogen (secondary N) is 1. The summed E-state index contributed by atoms with van der Waals surface area (Å²) in [6, 6.07) is 14.3. The van der Waals surface area contributed by atoms with Gasteiger partial charge < -0.3 is 19.4 Å². The Bertz CT molecular complexity index is 1000. The van der Waals surface area contributed by atoms with Crippen LogP contribution in [0.1, 0.15) is 63.0 Å². The monoisotopic (exact) mass is 436 g/mol. The standard InChI is InChI=1S/C27H36N2O3/c1-5-7-8-11-14-28-27(30)18-24(20-15-21(31-3)17-22(16-20)32-4)25-19-29(6-2)26-13-10-9-12-23(25)26/h9-10,12-13,15-17,19,24H,5-8,11,14,18H2,1-4H3,(H,28,30). The van der Waals surface area contributed by atoms with E-state index in [2.05, 4.69) is 54.2 Å². The van der Waals surface area contributed by atoms with Gasteiger partial charge in [0.2, 0.25) is 5.91 Å². The van der Waals surface area contributed by atoms with Crippen LogP contribution in [-0.2, 0) is 11.3 Å². The Balaban J connectivity index is 1.97. The number of carbonyl (C=O) groups excluding carboxylic acids is 1. The van der Waals surface area contributed by atoms with Gasteiger partial charge in [0, 0.05) is 48.6 Å². The van der Waals surface area contributed by atoms with Crippen molar-refractivity contribution in [2.75, 3.05) is 20.8 Å². The van der Waals surface area contributed by atoms with Gasteiger partial charge in [-0.2, -0.15) is 0 Å². The number of nitrogens with zero attached hydrogens (tertiary/aromatic N) is 1. The lowest BCUT2D eigenvalue weighted by Gasteiger charge is -2.19. The van der Waals surface area contributed by atoms with Gasteiger partial charge in [-0.25, -0.2) is 0 Å². The van der Waals surface area contributed by atoms with E-state index in [9.17, 15) is 4.79 Å². The molecule has 0 saturated carbocycles. The first kappa shape index (κ1) is 23.7. The van der Waals surface area contributed by atoms with E-state index in [1.54, 1.807) is 14.2 Å². The topological polar surface area (TPSA) is 52.5 Å². The Hall–Kier alpha value is -2.95. The van der Waals surface area contributed by atoms with E-state index in [1.807, 2.05) is 18.2 Å². The van der Waals surface area contributed by atoms with Crippen molar-refractivity contribution in [3.63, 3.8) is 0 Å². The molecule has 1 aromatic heterocycles. The lowest BCUT2D eigenvalue weighted by atomic mass is 9.87. The summed E-state index contributed by atoms with van der Waals surface area (Å²) in [7, 11) is 3.30. The highest BCUT2D eigenvalue weighted by molar-refractivity contribution is 5.86. The van der Waals surface area contributed by atoms with E-state index in [4.69, 9.17) is 9.47 Å². The maximum absolute atomic E-state index is 13.0. The molecule has 2 aromatic carbocycles. The molecule has 1 atom stereocenters. The summed E-state index contributed by atoms with van der Waals surface area (Å²) in [5.41, 5.74) is 3.35. The molecule has 0 aliphatic rings. The number of unbranched alkanes of at least 4 members (excludes halogenated alkanes) is 3. The molecule has 5 heteroatoms. The number of aryl methyl sites for hydroxylation is 1. The van der Waals surface area contributed by atoms with Gasteiger partial charge in [0.25, 0.3) is 0 Å². The van der Waals surface area contributed by atoms with Gasteiger partial charge in [0.15, 0.2) is 0 Å². The number of carbonyl (C=O) groups is 1. The minimum Gasteiger partial charge on any atom is -0.497 e. The summed E-state index contributed by atoms with van der Waals surface area (Å²) >= 11 is 0. The van der Waals surface area contributed by atoms with Crippen LogP contribution in [0.15, 0.2) is 48.7 Å². The van der Waals surface area contributed by atoms with Crippen LogP contribution in [0.2, 0.25) is 0 Å². The summed E-state index contributed by atoms with van der Waals surface area (Å²) in [6.07, 6.45) is 7.13. The van der Waals surface area contributed by atoms with Crippen molar-refractivity contribution in [3.8, 4) is 11.5 Å². The second-order valence-electron chi connectivity index (χ2n) is 8.20.